The van der Waals surface area contributed by atoms with Crippen LogP contribution in [0.25, 0.3) is 22.0 Å². The minimum atomic E-state index is -5.06. The Balaban J connectivity index is 1.49. The highest BCUT2D eigenvalue weighted by atomic mass is 19.4. The number of nitrogens with zero attached hydrogens (tertiary/aromatic N) is 4. The van der Waals surface area contributed by atoms with E-state index in [1.165, 1.54) is 20.8 Å². The first-order valence-corrected chi connectivity index (χ1v) is 15.8. The number of aryl methyl sites for hydroxylation is 1. The summed E-state index contributed by atoms with van der Waals surface area (Å²) in [6.45, 7) is 4.91. The maximum Gasteiger partial charge on any atom is 0.435 e. The van der Waals surface area contributed by atoms with Gasteiger partial charge in [-0.1, -0.05) is 25.0 Å². The van der Waals surface area contributed by atoms with Crippen molar-refractivity contribution < 1.29 is 40.6 Å². The Labute approximate surface area is 287 Å². The van der Waals surface area contributed by atoms with Gasteiger partial charge in [0.15, 0.2) is 5.69 Å². The van der Waals surface area contributed by atoms with Crippen LogP contribution in [0.1, 0.15) is 78.7 Å². The molecule has 0 aliphatic heterocycles. The Morgan fingerprint density at radius 3 is 2.49 bits per heavy atom. The zero-order valence-corrected chi connectivity index (χ0v) is 27.7. The molecule has 266 valence electrons. The molecule has 0 bridgehead atoms. The zero-order valence-electron chi connectivity index (χ0n) is 27.7. The molecule has 0 unspecified atom stereocenters. The number of aromatic nitrogens is 5. The van der Waals surface area contributed by atoms with Gasteiger partial charge in [0.05, 0.1) is 17.3 Å². The van der Waals surface area contributed by atoms with Crippen LogP contribution >= 0.6 is 0 Å². The lowest BCUT2D eigenvalue weighted by Gasteiger charge is -2.23. The van der Waals surface area contributed by atoms with Gasteiger partial charge in [-0.3, -0.25) is 14.6 Å². The normalized spacial score (nSPS) is 16.1. The average molecular weight is 713 g/mol. The molecule has 2 atom stereocenters. The molecule has 0 fully saturated rings. The molecule has 1 aliphatic carbocycles. The van der Waals surface area contributed by atoms with Crippen LogP contribution in [0.15, 0.2) is 48.5 Å². The Kier molecular flexibility index (Phi) is 8.95. The summed E-state index contributed by atoms with van der Waals surface area (Å²) in [5, 5.41) is 24.2. The van der Waals surface area contributed by atoms with Crippen LogP contribution in [-0.2, 0) is 29.9 Å². The van der Waals surface area contributed by atoms with Crippen molar-refractivity contribution >= 4 is 16.8 Å². The molecule has 1 amide bonds. The van der Waals surface area contributed by atoms with Crippen LogP contribution in [0.5, 0.6) is 0 Å². The number of nitrogens with one attached hydrogen (secondary N) is 2. The lowest BCUT2D eigenvalue weighted by Crippen LogP contribution is -2.35. The summed E-state index contributed by atoms with van der Waals surface area (Å²) in [5.41, 5.74) is -1.90. The number of rotatable bonds is 7. The van der Waals surface area contributed by atoms with Gasteiger partial charge in [0.25, 0.3) is 5.92 Å². The van der Waals surface area contributed by atoms with Crippen molar-refractivity contribution in [1.82, 2.24) is 30.3 Å². The predicted molar refractivity (Wildman–Crippen MR) is 172 cm³/mol. The number of halogens is 7. The summed E-state index contributed by atoms with van der Waals surface area (Å²) in [5.74, 6) is -2.28. The van der Waals surface area contributed by atoms with Crippen molar-refractivity contribution in [2.45, 2.75) is 76.7 Å². The second-order valence-corrected chi connectivity index (χ2v) is 13.2. The number of hydrogen-bond acceptors (Lipinski definition) is 5. The minimum Gasteiger partial charge on any atom is -0.378 e. The Morgan fingerprint density at radius 2 is 1.82 bits per heavy atom. The first-order valence-electron chi connectivity index (χ1n) is 15.8. The summed E-state index contributed by atoms with van der Waals surface area (Å²) in [4.78, 5) is 18.4. The van der Waals surface area contributed by atoms with Crippen LogP contribution in [0.2, 0.25) is 0 Å². The third-order valence-electron chi connectivity index (χ3n) is 8.45. The number of amides is 1. The van der Waals surface area contributed by atoms with E-state index in [1.807, 2.05) is 0 Å². The number of aliphatic hydroxyl groups is 1. The highest BCUT2D eigenvalue weighted by Crippen LogP contribution is 2.52. The minimum absolute atomic E-state index is 0.0796. The molecule has 0 radical (unpaired) electrons. The van der Waals surface area contributed by atoms with Gasteiger partial charge in [0.1, 0.15) is 35.2 Å². The average Bonchev–Trinajstić information content (AvgIpc) is 3.67. The largest absolute Gasteiger partial charge is 0.435 e. The second-order valence-electron chi connectivity index (χ2n) is 13.2. The van der Waals surface area contributed by atoms with E-state index in [2.05, 4.69) is 32.5 Å². The molecule has 6 rings (SSSR count). The molecule has 5 aromatic rings. The number of carbonyl (C=O) groups is 1. The van der Waals surface area contributed by atoms with E-state index < -0.39 is 77.1 Å². The standard InChI is InChI=1S/C36H31F7N6O2/c1-18-16-35(39,40)33-29(18)32(36(41,42)43)48-49(33)17-28(50)45-27(14-20-12-21(37)15-22(38)13-20)31-25(9-8-23(44-31)10-11-34(3,4)51)24-6-5-7-26-30(24)19(2)46-47-26/h5-9,12-13,15,18,27,51H,14,16-17H2,1-4H3,(H,45,50)(H,46,47)/t18-,27-/m0/s1. The van der Waals surface area contributed by atoms with Gasteiger partial charge in [0.2, 0.25) is 5.91 Å². The Morgan fingerprint density at radius 1 is 1.12 bits per heavy atom. The second kappa shape index (κ2) is 12.8. The molecular weight excluding hydrogens is 681 g/mol. The molecule has 0 spiro atoms. The lowest BCUT2D eigenvalue weighted by atomic mass is 9.92. The highest BCUT2D eigenvalue weighted by Gasteiger charge is 2.53. The summed E-state index contributed by atoms with van der Waals surface area (Å²) in [6, 6.07) is 9.99. The molecule has 2 aromatic carbocycles. The van der Waals surface area contributed by atoms with Crippen molar-refractivity contribution in [2.75, 3.05) is 0 Å². The third kappa shape index (κ3) is 7.32. The number of H-pyrrole nitrogens is 1. The van der Waals surface area contributed by atoms with E-state index in [4.69, 9.17) is 4.98 Å². The van der Waals surface area contributed by atoms with E-state index in [-0.39, 0.29) is 23.4 Å². The van der Waals surface area contributed by atoms with Gasteiger partial charge in [0, 0.05) is 34.7 Å². The summed E-state index contributed by atoms with van der Waals surface area (Å²) in [7, 11) is 0. The molecule has 1 aliphatic rings. The number of fused-ring (bicyclic) bond motifs is 2. The summed E-state index contributed by atoms with van der Waals surface area (Å²) in [6.07, 6.45) is -6.23. The number of pyridine rings is 1. The fourth-order valence-corrected chi connectivity index (χ4v) is 6.50. The van der Waals surface area contributed by atoms with Crippen LogP contribution in [0.4, 0.5) is 30.7 Å². The molecular formula is C36H31F7N6O2. The van der Waals surface area contributed by atoms with E-state index in [0.717, 1.165) is 12.1 Å². The lowest BCUT2D eigenvalue weighted by molar-refractivity contribution is -0.142. The van der Waals surface area contributed by atoms with Crippen molar-refractivity contribution in [3.63, 3.8) is 0 Å². The molecule has 3 N–H and O–H groups in total. The number of alkyl halides is 5. The maximum absolute atomic E-state index is 15.1. The highest BCUT2D eigenvalue weighted by molar-refractivity contribution is 5.97. The van der Waals surface area contributed by atoms with Gasteiger partial charge < -0.3 is 10.4 Å². The van der Waals surface area contributed by atoms with Gasteiger partial charge >= 0.3 is 6.18 Å². The fraction of sp³-hybridized carbons (Fsp3) is 0.333. The first kappa shape index (κ1) is 35.6. The topological polar surface area (TPSA) is 109 Å². The Bertz CT molecular complexity index is 2200. The third-order valence-corrected chi connectivity index (χ3v) is 8.45. The van der Waals surface area contributed by atoms with E-state index >= 15 is 8.78 Å². The molecule has 51 heavy (non-hydrogen) atoms. The molecule has 15 heteroatoms. The van der Waals surface area contributed by atoms with Gasteiger partial charge in [-0.25, -0.2) is 13.8 Å². The Hall–Kier alpha value is -5.23. The smallest absolute Gasteiger partial charge is 0.378 e. The van der Waals surface area contributed by atoms with Crippen LogP contribution < -0.4 is 5.32 Å². The first-order chi connectivity index (χ1) is 23.8. The van der Waals surface area contributed by atoms with E-state index in [9.17, 15) is 31.9 Å². The zero-order chi connectivity index (χ0) is 37.0. The fourth-order valence-electron chi connectivity index (χ4n) is 6.50. The van der Waals surface area contributed by atoms with Crippen LogP contribution in [-0.4, -0.2) is 41.6 Å². The van der Waals surface area contributed by atoms with Crippen molar-refractivity contribution in [3.8, 4) is 23.0 Å². The number of aromatic amines is 1. The maximum atomic E-state index is 15.1. The summed E-state index contributed by atoms with van der Waals surface area (Å²) < 4.78 is 101. The SMILES string of the molecule is Cc1[nH]nc2cccc(-c3ccc(C#CC(C)(C)O)nc3[C@H](Cc3cc(F)cc(F)c3)NC(=O)Cn3nc(C(F)(F)F)c4c3C(F)(F)C[C@@H]4C)c12. The number of benzene rings is 2. The quantitative estimate of drug-likeness (QED) is 0.122. The van der Waals surface area contributed by atoms with Crippen molar-refractivity contribution in [1.29, 1.82) is 0 Å². The van der Waals surface area contributed by atoms with E-state index in [1.54, 1.807) is 37.3 Å². The molecule has 0 saturated carbocycles. The van der Waals surface area contributed by atoms with Gasteiger partial charge in [-0.15, -0.1) is 0 Å². The molecule has 8 nitrogen and oxygen atoms in total. The molecule has 3 heterocycles. The van der Waals surface area contributed by atoms with Crippen LogP contribution in [0.3, 0.4) is 0 Å². The molecule has 0 saturated heterocycles. The summed E-state index contributed by atoms with van der Waals surface area (Å²) >= 11 is 0. The van der Waals surface area contributed by atoms with Crippen molar-refractivity contribution in [3.05, 3.63) is 99.8 Å². The van der Waals surface area contributed by atoms with Crippen molar-refractivity contribution in [2.24, 2.45) is 0 Å². The van der Waals surface area contributed by atoms with Crippen LogP contribution in [0, 0.1) is 30.4 Å². The van der Waals surface area contributed by atoms with Gasteiger partial charge in [-0.05, 0) is 80.5 Å². The predicted octanol–water partition coefficient (Wildman–Crippen LogP) is 7.25. The monoisotopic (exact) mass is 712 g/mol. The number of carbonyl (C=O) groups excluding carboxylic acids is 1. The van der Waals surface area contributed by atoms with Gasteiger partial charge in [-0.2, -0.15) is 32.1 Å². The number of hydrogen-bond donors (Lipinski definition) is 3. The molecule has 3 aromatic heterocycles. The van der Waals surface area contributed by atoms with E-state index in [0.29, 0.717) is 38.5 Å².